The van der Waals surface area contributed by atoms with Gasteiger partial charge in [0.25, 0.3) is 0 Å². The van der Waals surface area contributed by atoms with Crippen LogP contribution >= 0.6 is 0 Å². The Morgan fingerprint density at radius 1 is 1.18 bits per heavy atom. The average molecular weight is 456 g/mol. The Bertz CT molecular complexity index is 1030. The molecule has 1 atom stereocenters. The second-order valence-electron chi connectivity index (χ2n) is 9.15. The van der Waals surface area contributed by atoms with Gasteiger partial charge in [-0.15, -0.1) is 0 Å². The van der Waals surface area contributed by atoms with E-state index in [9.17, 15) is 0 Å². The maximum Gasteiger partial charge on any atom is 0.203 e. The molecule has 0 spiro atoms. The summed E-state index contributed by atoms with van der Waals surface area (Å²) in [5.41, 5.74) is 2.15. The molecule has 3 aromatic rings. The van der Waals surface area contributed by atoms with Gasteiger partial charge in [-0.1, -0.05) is 0 Å². The summed E-state index contributed by atoms with van der Waals surface area (Å²) in [6, 6.07) is 10.2. The van der Waals surface area contributed by atoms with Gasteiger partial charge in [0.1, 0.15) is 23.9 Å². The van der Waals surface area contributed by atoms with E-state index < -0.39 is 0 Å². The van der Waals surface area contributed by atoms with E-state index in [0.29, 0.717) is 25.7 Å². The number of rotatable bonds is 12. The number of anilines is 1. The zero-order valence-electron chi connectivity index (χ0n) is 20.3. The van der Waals surface area contributed by atoms with Crippen LogP contribution in [0.4, 0.5) is 5.95 Å². The highest BCUT2D eigenvalue weighted by Gasteiger charge is 2.22. The molecule has 180 valence electrons. The number of hydrogen-bond acceptors (Lipinski definition) is 7. The first kappa shape index (κ1) is 23.6. The van der Waals surface area contributed by atoms with Crippen molar-refractivity contribution in [1.82, 2.24) is 19.4 Å². The van der Waals surface area contributed by atoms with Gasteiger partial charge in [0, 0.05) is 44.8 Å². The molecule has 4 rings (SSSR count). The van der Waals surface area contributed by atoms with E-state index in [1.807, 2.05) is 25.1 Å². The van der Waals surface area contributed by atoms with Crippen molar-refractivity contribution in [3.05, 3.63) is 41.9 Å². The molecule has 0 fully saturated rings. The maximum atomic E-state index is 6.08. The fourth-order valence-corrected chi connectivity index (χ4v) is 4.37. The summed E-state index contributed by atoms with van der Waals surface area (Å²) in [5.74, 6) is 4.26. The number of hydrogen-bond donors (Lipinski definition) is 1. The lowest BCUT2D eigenvalue weighted by atomic mass is 10.1. The third kappa shape index (κ3) is 6.28. The molecule has 33 heavy (non-hydrogen) atoms. The summed E-state index contributed by atoms with van der Waals surface area (Å²) in [7, 11) is 6.35. The monoisotopic (exact) mass is 455 g/mol. The molecule has 0 bridgehead atoms. The fraction of sp³-hybridized carbons (Fsp3) is 0.560. The quantitative estimate of drug-likeness (QED) is 0.418. The molecule has 0 amide bonds. The van der Waals surface area contributed by atoms with Gasteiger partial charge in [-0.3, -0.25) is 4.90 Å². The first-order valence-electron chi connectivity index (χ1n) is 11.9. The number of fused-ring (bicyclic) bond motifs is 3. The van der Waals surface area contributed by atoms with Crippen LogP contribution in [0, 0.1) is 5.92 Å². The Balaban J connectivity index is 1.26. The molecule has 0 aliphatic carbocycles. The van der Waals surface area contributed by atoms with E-state index >= 15 is 0 Å². The van der Waals surface area contributed by atoms with Crippen LogP contribution in [0.25, 0.3) is 11.0 Å². The molecule has 1 aromatic carbocycles. The molecule has 0 saturated carbocycles. The van der Waals surface area contributed by atoms with E-state index in [2.05, 4.69) is 53.0 Å². The summed E-state index contributed by atoms with van der Waals surface area (Å²) < 4.78 is 19.6. The van der Waals surface area contributed by atoms with Crippen LogP contribution < -0.4 is 10.1 Å². The Morgan fingerprint density at radius 2 is 2.03 bits per heavy atom. The lowest BCUT2D eigenvalue weighted by molar-refractivity contribution is 0.116. The Morgan fingerprint density at radius 3 is 2.85 bits per heavy atom. The average Bonchev–Trinajstić information content (AvgIpc) is 3.38. The van der Waals surface area contributed by atoms with Crippen molar-refractivity contribution in [2.75, 3.05) is 59.3 Å². The minimum Gasteiger partial charge on any atom is -0.493 e. The van der Waals surface area contributed by atoms with Gasteiger partial charge in [0.05, 0.1) is 24.2 Å². The number of imidazole rings is 1. The first-order chi connectivity index (χ1) is 16.0. The number of benzene rings is 1. The molecule has 1 N–H and O–H groups in total. The predicted molar refractivity (Wildman–Crippen MR) is 131 cm³/mol. The van der Waals surface area contributed by atoms with Gasteiger partial charge in [-0.2, -0.15) is 0 Å². The highest BCUT2D eigenvalue weighted by Crippen LogP contribution is 2.28. The normalized spacial score (nSPS) is 15.9. The van der Waals surface area contributed by atoms with E-state index in [0.717, 1.165) is 73.4 Å². The molecular weight excluding hydrogens is 418 g/mol. The summed E-state index contributed by atoms with van der Waals surface area (Å²) in [6.45, 7) is 8.59. The molecular formula is C25H37N5O3. The summed E-state index contributed by atoms with van der Waals surface area (Å²) >= 11 is 0. The Kier molecular flexibility index (Phi) is 7.90. The molecule has 1 unspecified atom stereocenters. The Hall–Kier alpha value is -2.55. The second kappa shape index (κ2) is 11.0. The van der Waals surface area contributed by atoms with Crippen molar-refractivity contribution in [3.8, 4) is 5.75 Å². The minimum absolute atomic E-state index is 0.533. The number of nitrogens with zero attached hydrogens (tertiary/aromatic N) is 4. The number of furan rings is 1. The highest BCUT2D eigenvalue weighted by atomic mass is 16.5. The van der Waals surface area contributed by atoms with Crippen molar-refractivity contribution in [3.63, 3.8) is 0 Å². The zero-order valence-corrected chi connectivity index (χ0v) is 20.3. The van der Waals surface area contributed by atoms with E-state index in [1.54, 1.807) is 0 Å². The molecule has 1 aliphatic rings. The van der Waals surface area contributed by atoms with Crippen LogP contribution in [-0.4, -0.2) is 73.3 Å². The first-order valence-corrected chi connectivity index (χ1v) is 11.9. The molecule has 8 heteroatoms. The minimum atomic E-state index is 0.533. The molecule has 8 nitrogen and oxygen atoms in total. The fourth-order valence-electron chi connectivity index (χ4n) is 4.37. The van der Waals surface area contributed by atoms with Crippen molar-refractivity contribution in [2.45, 2.75) is 33.0 Å². The topological polar surface area (TPSA) is 67.9 Å². The zero-order chi connectivity index (χ0) is 23.2. The second-order valence-corrected chi connectivity index (χ2v) is 9.15. The molecule has 0 saturated heterocycles. The van der Waals surface area contributed by atoms with Gasteiger partial charge >= 0.3 is 0 Å². The maximum absolute atomic E-state index is 6.08. The standard InChI is InChI=1S/C25H37N5O3/c1-5-31-18-22-8-7-21(33-22)17-29(4)11-6-12-32-20-9-10-23-24(13-20)30-16-19(15-28(2)3)14-26-25(30)27-23/h7-10,13,19H,5-6,11-12,14-18H2,1-4H3,(H,26,27). The van der Waals surface area contributed by atoms with Crippen LogP contribution in [0.5, 0.6) is 5.75 Å². The third-order valence-corrected chi connectivity index (χ3v) is 5.88. The van der Waals surface area contributed by atoms with Gasteiger partial charge in [-0.25, -0.2) is 4.98 Å². The number of aromatic nitrogens is 2. The molecule has 3 heterocycles. The van der Waals surface area contributed by atoms with Crippen LogP contribution in [0.3, 0.4) is 0 Å². The van der Waals surface area contributed by atoms with E-state index in [1.165, 1.54) is 0 Å². The van der Waals surface area contributed by atoms with Gasteiger partial charge in [-0.05, 0) is 58.8 Å². The largest absolute Gasteiger partial charge is 0.493 e. The third-order valence-electron chi connectivity index (χ3n) is 5.88. The van der Waals surface area contributed by atoms with Crippen molar-refractivity contribution in [2.24, 2.45) is 5.92 Å². The number of ether oxygens (including phenoxy) is 2. The van der Waals surface area contributed by atoms with E-state index in [4.69, 9.17) is 18.9 Å². The SMILES string of the molecule is CCOCc1ccc(CN(C)CCCOc2ccc3nc4n(c3c2)CC(CN(C)C)CN4)o1. The summed E-state index contributed by atoms with van der Waals surface area (Å²) in [4.78, 5) is 9.24. The Labute approximate surface area is 196 Å². The van der Waals surface area contributed by atoms with Crippen molar-refractivity contribution < 1.29 is 13.9 Å². The van der Waals surface area contributed by atoms with Crippen LogP contribution in [0.15, 0.2) is 34.7 Å². The predicted octanol–water partition coefficient (Wildman–Crippen LogP) is 3.67. The van der Waals surface area contributed by atoms with E-state index in [-0.39, 0.29) is 0 Å². The van der Waals surface area contributed by atoms with Crippen LogP contribution in [0.2, 0.25) is 0 Å². The summed E-state index contributed by atoms with van der Waals surface area (Å²) in [5, 5.41) is 3.49. The highest BCUT2D eigenvalue weighted by molar-refractivity contribution is 5.80. The smallest absolute Gasteiger partial charge is 0.203 e. The lowest BCUT2D eigenvalue weighted by Gasteiger charge is -2.27. The lowest BCUT2D eigenvalue weighted by Crippen LogP contribution is -2.34. The van der Waals surface area contributed by atoms with Crippen molar-refractivity contribution >= 4 is 17.0 Å². The van der Waals surface area contributed by atoms with Gasteiger partial charge in [0.15, 0.2) is 0 Å². The molecule has 1 aliphatic heterocycles. The molecule has 2 aromatic heterocycles. The van der Waals surface area contributed by atoms with Crippen LogP contribution in [-0.2, 0) is 24.4 Å². The van der Waals surface area contributed by atoms with Gasteiger partial charge < -0.3 is 28.7 Å². The van der Waals surface area contributed by atoms with Crippen molar-refractivity contribution in [1.29, 1.82) is 0 Å². The van der Waals surface area contributed by atoms with Gasteiger partial charge in [0.2, 0.25) is 5.95 Å². The van der Waals surface area contributed by atoms with Crippen LogP contribution in [0.1, 0.15) is 24.9 Å². The molecule has 0 radical (unpaired) electrons. The summed E-state index contributed by atoms with van der Waals surface area (Å²) in [6.07, 6.45) is 0.942. The number of nitrogens with one attached hydrogen (secondary N) is 1.